The second-order valence-corrected chi connectivity index (χ2v) is 7.00. The Morgan fingerprint density at radius 2 is 2.13 bits per heavy atom. The Kier molecular flexibility index (Phi) is 6.42. The van der Waals surface area contributed by atoms with Crippen LogP contribution < -0.4 is 31.5 Å². The summed E-state index contributed by atoms with van der Waals surface area (Å²) in [5.41, 5.74) is 6.97. The SMILES string of the molecule is C=CN=CN/C(=C\N)NC(=C)N1c2nc(C(=C)NCC(F)(F)F)ccc2N2CCC1C2. The molecule has 1 aromatic rings. The average Bonchev–Trinajstić information content (AvgIpc) is 3.14. The first-order chi connectivity index (χ1) is 14.7. The zero-order valence-corrected chi connectivity index (χ0v) is 16.9. The quantitative estimate of drug-likeness (QED) is 0.350. The average molecular weight is 434 g/mol. The number of anilines is 2. The van der Waals surface area contributed by atoms with Crippen molar-refractivity contribution in [3.8, 4) is 0 Å². The van der Waals surface area contributed by atoms with E-state index in [4.69, 9.17) is 5.73 Å². The van der Waals surface area contributed by atoms with E-state index in [9.17, 15) is 13.2 Å². The molecule has 3 rings (SSSR count). The molecule has 0 spiro atoms. The zero-order valence-electron chi connectivity index (χ0n) is 16.9. The van der Waals surface area contributed by atoms with Crippen molar-refractivity contribution in [2.75, 3.05) is 29.4 Å². The van der Waals surface area contributed by atoms with Crippen LogP contribution in [0.3, 0.4) is 0 Å². The summed E-state index contributed by atoms with van der Waals surface area (Å²) in [7, 11) is 0. The number of hydrogen-bond acceptors (Lipinski definition) is 7. The Morgan fingerprint density at radius 3 is 2.81 bits per heavy atom. The Bertz CT molecular complexity index is 921. The number of nitrogens with zero attached hydrogens (tertiary/aromatic N) is 4. The van der Waals surface area contributed by atoms with Gasteiger partial charge in [-0.3, -0.25) is 0 Å². The Labute approximate surface area is 178 Å². The molecule has 1 aromatic heterocycles. The normalized spacial score (nSPS) is 18.0. The first-order valence-corrected chi connectivity index (χ1v) is 9.55. The van der Waals surface area contributed by atoms with E-state index in [0.29, 0.717) is 23.2 Å². The van der Waals surface area contributed by atoms with Crippen molar-refractivity contribution in [3.63, 3.8) is 0 Å². The standard InChI is InChI=1S/C20H25F3N8/c1-4-25-12-27-18(9-24)28-14(3)31-15-7-8-30(10-15)17-6-5-16(29-19(17)31)13(2)26-11-20(21,22)23/h4-6,9,12,15,26,28H,1-3,7-8,10-11,24H2,(H,25,27)/b18-9+. The van der Waals surface area contributed by atoms with E-state index in [1.54, 1.807) is 6.07 Å². The van der Waals surface area contributed by atoms with Gasteiger partial charge in [0.05, 0.1) is 29.5 Å². The first kappa shape index (κ1) is 22.1. The van der Waals surface area contributed by atoms with E-state index in [0.717, 1.165) is 25.2 Å². The molecule has 5 N–H and O–H groups in total. The van der Waals surface area contributed by atoms with E-state index in [2.05, 4.69) is 50.6 Å². The van der Waals surface area contributed by atoms with Crippen molar-refractivity contribution < 1.29 is 13.2 Å². The van der Waals surface area contributed by atoms with Crippen LogP contribution in [-0.2, 0) is 0 Å². The van der Waals surface area contributed by atoms with Crippen LogP contribution in [0.2, 0.25) is 0 Å². The number of alkyl halides is 3. The maximum absolute atomic E-state index is 12.6. The summed E-state index contributed by atoms with van der Waals surface area (Å²) in [4.78, 5) is 12.6. The first-order valence-electron chi connectivity index (χ1n) is 9.55. The van der Waals surface area contributed by atoms with Gasteiger partial charge in [-0.2, -0.15) is 13.2 Å². The third-order valence-corrected chi connectivity index (χ3v) is 4.90. The molecule has 2 aliphatic rings. The molecule has 3 heterocycles. The third-order valence-electron chi connectivity index (χ3n) is 4.90. The number of aromatic nitrogens is 1. The molecule has 1 fully saturated rings. The molecule has 31 heavy (non-hydrogen) atoms. The zero-order chi connectivity index (χ0) is 22.6. The van der Waals surface area contributed by atoms with Gasteiger partial charge in [-0.25, -0.2) is 9.98 Å². The van der Waals surface area contributed by atoms with Gasteiger partial charge in [-0.15, -0.1) is 0 Å². The van der Waals surface area contributed by atoms with Crippen molar-refractivity contribution in [1.29, 1.82) is 0 Å². The summed E-state index contributed by atoms with van der Waals surface area (Å²) in [6, 6.07) is 3.61. The second-order valence-electron chi connectivity index (χ2n) is 7.00. The highest BCUT2D eigenvalue weighted by atomic mass is 19.4. The van der Waals surface area contributed by atoms with Gasteiger partial charge < -0.3 is 31.5 Å². The van der Waals surface area contributed by atoms with Gasteiger partial charge in [-0.05, 0) is 18.6 Å². The van der Waals surface area contributed by atoms with Gasteiger partial charge in [-0.1, -0.05) is 19.7 Å². The number of pyridine rings is 1. The molecule has 1 unspecified atom stereocenters. The minimum atomic E-state index is -4.35. The van der Waals surface area contributed by atoms with Crippen LogP contribution in [-0.4, -0.2) is 43.2 Å². The molecule has 0 radical (unpaired) electrons. The molecule has 2 bridgehead atoms. The number of nitrogens with one attached hydrogen (secondary N) is 3. The van der Waals surface area contributed by atoms with Gasteiger partial charge >= 0.3 is 6.18 Å². The minimum absolute atomic E-state index is 0.0939. The molecule has 0 aliphatic carbocycles. The van der Waals surface area contributed by atoms with Crippen molar-refractivity contribution in [2.24, 2.45) is 10.7 Å². The van der Waals surface area contributed by atoms with Gasteiger partial charge in [0.1, 0.15) is 18.2 Å². The van der Waals surface area contributed by atoms with E-state index < -0.39 is 12.7 Å². The molecular weight excluding hydrogens is 409 g/mol. The number of nitrogens with two attached hydrogens (primary N) is 1. The molecule has 166 valence electrons. The molecule has 0 aromatic carbocycles. The summed E-state index contributed by atoms with van der Waals surface area (Å²) < 4.78 is 37.7. The van der Waals surface area contributed by atoms with Crippen LogP contribution >= 0.6 is 0 Å². The molecular formula is C20H25F3N8. The monoisotopic (exact) mass is 434 g/mol. The maximum Gasteiger partial charge on any atom is 0.405 e. The maximum atomic E-state index is 12.6. The van der Waals surface area contributed by atoms with Crippen LogP contribution in [0, 0.1) is 0 Å². The second kappa shape index (κ2) is 9.02. The lowest BCUT2D eigenvalue weighted by molar-refractivity contribution is -0.122. The van der Waals surface area contributed by atoms with Crippen molar-refractivity contribution >= 4 is 23.5 Å². The Morgan fingerprint density at radius 1 is 1.35 bits per heavy atom. The van der Waals surface area contributed by atoms with Crippen molar-refractivity contribution in [3.05, 3.63) is 61.6 Å². The fourth-order valence-corrected chi connectivity index (χ4v) is 3.52. The van der Waals surface area contributed by atoms with Crippen LogP contribution in [0.15, 0.2) is 60.9 Å². The van der Waals surface area contributed by atoms with Crippen LogP contribution in [0.4, 0.5) is 24.7 Å². The van der Waals surface area contributed by atoms with E-state index in [-0.39, 0.29) is 11.7 Å². The lowest BCUT2D eigenvalue weighted by atomic mass is 10.1. The third kappa shape index (κ3) is 5.11. The molecule has 1 saturated heterocycles. The smallest absolute Gasteiger partial charge is 0.402 e. The lowest BCUT2D eigenvalue weighted by Crippen LogP contribution is -2.46. The fourth-order valence-electron chi connectivity index (χ4n) is 3.52. The number of aliphatic imine (C=N–C) groups is 1. The Balaban J connectivity index is 1.84. The highest BCUT2D eigenvalue weighted by Crippen LogP contribution is 2.40. The molecule has 0 amide bonds. The number of hydrogen-bond donors (Lipinski definition) is 4. The summed E-state index contributed by atoms with van der Waals surface area (Å²) in [6.45, 7) is 11.8. The van der Waals surface area contributed by atoms with Gasteiger partial charge in [0.2, 0.25) is 0 Å². The minimum Gasteiger partial charge on any atom is -0.402 e. The van der Waals surface area contributed by atoms with E-state index >= 15 is 0 Å². The molecule has 0 saturated carbocycles. The van der Waals surface area contributed by atoms with Crippen molar-refractivity contribution in [2.45, 2.75) is 18.6 Å². The van der Waals surface area contributed by atoms with E-state index in [1.807, 2.05) is 11.0 Å². The summed E-state index contributed by atoms with van der Waals surface area (Å²) in [5, 5.41) is 8.27. The summed E-state index contributed by atoms with van der Waals surface area (Å²) in [5.74, 6) is 1.56. The highest BCUT2D eigenvalue weighted by molar-refractivity contribution is 5.76. The largest absolute Gasteiger partial charge is 0.405 e. The number of halogens is 3. The molecule has 8 nitrogen and oxygen atoms in total. The van der Waals surface area contributed by atoms with Gasteiger partial charge in [0.15, 0.2) is 5.82 Å². The number of fused-ring (bicyclic) bond motifs is 4. The number of rotatable bonds is 9. The van der Waals surface area contributed by atoms with Gasteiger partial charge in [0, 0.05) is 25.5 Å². The molecule has 1 atom stereocenters. The Hall–Kier alpha value is -3.63. The van der Waals surface area contributed by atoms with Crippen LogP contribution in [0.5, 0.6) is 0 Å². The van der Waals surface area contributed by atoms with E-state index in [1.165, 1.54) is 18.7 Å². The van der Waals surface area contributed by atoms with Crippen LogP contribution in [0.1, 0.15) is 12.1 Å². The summed E-state index contributed by atoms with van der Waals surface area (Å²) in [6.07, 6.45) is 0.653. The molecule has 2 aliphatic heterocycles. The summed E-state index contributed by atoms with van der Waals surface area (Å²) >= 11 is 0. The molecule has 11 heteroatoms. The van der Waals surface area contributed by atoms with Crippen LogP contribution in [0.25, 0.3) is 5.70 Å². The predicted molar refractivity (Wildman–Crippen MR) is 117 cm³/mol. The predicted octanol–water partition coefficient (Wildman–Crippen LogP) is 2.18. The van der Waals surface area contributed by atoms with Crippen molar-refractivity contribution in [1.82, 2.24) is 20.9 Å². The van der Waals surface area contributed by atoms with Gasteiger partial charge in [0.25, 0.3) is 0 Å². The topological polar surface area (TPSA) is 93.8 Å². The fraction of sp³-hybridized carbons (Fsp3) is 0.300. The lowest BCUT2D eigenvalue weighted by Gasteiger charge is -2.38. The highest BCUT2D eigenvalue weighted by Gasteiger charge is 2.38.